The van der Waals surface area contributed by atoms with Crippen molar-refractivity contribution in [3.05, 3.63) is 40.1 Å². The molecule has 0 unspecified atom stereocenters. The van der Waals surface area contributed by atoms with Gasteiger partial charge in [0.2, 0.25) is 5.95 Å². The van der Waals surface area contributed by atoms with Gasteiger partial charge in [0, 0.05) is 38.6 Å². The number of aliphatic hydroxyl groups excluding tert-OH is 1. The van der Waals surface area contributed by atoms with E-state index in [1.165, 1.54) is 11.8 Å². The average Bonchev–Trinajstić information content (AvgIpc) is 2.82. The highest BCUT2D eigenvalue weighted by Crippen LogP contribution is 2.33. The molecule has 1 saturated heterocycles. The zero-order valence-corrected chi connectivity index (χ0v) is 19.2. The van der Waals surface area contributed by atoms with Gasteiger partial charge in [0.25, 0.3) is 11.5 Å². The minimum absolute atomic E-state index is 0.0715. The van der Waals surface area contributed by atoms with Crippen LogP contribution in [0.15, 0.2) is 23.4 Å². The van der Waals surface area contributed by atoms with Crippen molar-refractivity contribution in [2.24, 2.45) is 0 Å². The van der Waals surface area contributed by atoms with Crippen LogP contribution in [0.2, 0.25) is 0 Å². The van der Waals surface area contributed by atoms with Crippen LogP contribution in [0.4, 0.5) is 32.3 Å². The normalized spacial score (nSPS) is 16.4. The summed E-state index contributed by atoms with van der Waals surface area (Å²) in [6.45, 7) is 1.26. The Hall–Kier alpha value is -3.47. The van der Waals surface area contributed by atoms with Gasteiger partial charge in [0.15, 0.2) is 17.4 Å². The van der Waals surface area contributed by atoms with E-state index in [1.54, 1.807) is 10.00 Å². The molecule has 0 saturated carbocycles. The molecule has 2 aromatic heterocycles. The largest absolute Gasteiger partial charge is 0.486 e. The molecule has 1 aliphatic rings. The molecule has 0 spiro atoms. The highest BCUT2D eigenvalue weighted by molar-refractivity contribution is 5.81. The molecule has 17 heteroatoms. The van der Waals surface area contributed by atoms with Gasteiger partial charge in [-0.2, -0.15) is 31.4 Å². The van der Waals surface area contributed by atoms with E-state index in [0.717, 1.165) is 0 Å². The molecule has 0 aliphatic carbocycles. The molecule has 204 valence electrons. The number of H-pyrrole nitrogens is 1. The van der Waals surface area contributed by atoms with Crippen LogP contribution < -0.4 is 15.2 Å². The van der Waals surface area contributed by atoms with Crippen LogP contribution in [0.1, 0.15) is 18.1 Å². The van der Waals surface area contributed by atoms with Crippen LogP contribution in [0.3, 0.4) is 0 Å². The third-order valence-corrected chi connectivity index (χ3v) is 5.19. The van der Waals surface area contributed by atoms with E-state index in [1.807, 2.05) is 0 Å². The van der Waals surface area contributed by atoms with Crippen LogP contribution >= 0.6 is 0 Å². The number of alkyl halides is 6. The molecule has 3 heterocycles. The molecule has 2 atom stereocenters. The SMILES string of the molecule is C[C@@H](COC[C@@H](O)C(=O)N1CCN(c2ncc(C(F)(F)F)cn2)CC1)Oc1cn[nH]c(=O)c1C(F)(F)F. The Morgan fingerprint density at radius 1 is 1.05 bits per heavy atom. The summed E-state index contributed by atoms with van der Waals surface area (Å²) in [5.74, 6) is -1.39. The van der Waals surface area contributed by atoms with Gasteiger partial charge in [-0.25, -0.2) is 15.1 Å². The molecule has 0 aromatic carbocycles. The van der Waals surface area contributed by atoms with Crippen LogP contribution in [0, 0.1) is 0 Å². The van der Waals surface area contributed by atoms with Crippen molar-refractivity contribution in [2.45, 2.75) is 31.5 Å². The van der Waals surface area contributed by atoms with Gasteiger partial charge in [-0.15, -0.1) is 0 Å². The van der Waals surface area contributed by atoms with Crippen molar-refractivity contribution in [1.29, 1.82) is 0 Å². The van der Waals surface area contributed by atoms with Gasteiger partial charge in [0.1, 0.15) is 6.10 Å². The minimum atomic E-state index is -4.97. The van der Waals surface area contributed by atoms with Crippen LogP contribution in [-0.4, -0.2) is 87.7 Å². The standard InChI is InChI=1S/C20H22F6N6O5/c1-11(37-14-8-29-30-16(34)15(14)20(24,25)26)9-36-10-13(33)17(35)31-2-4-32(5-3-31)18-27-6-12(7-28-18)19(21,22)23/h6-8,11,13,33H,2-5,9-10H2,1H3,(H,30,34)/t11-,13+/m0/s1. The van der Waals surface area contributed by atoms with E-state index in [2.05, 4.69) is 15.1 Å². The first-order valence-corrected chi connectivity index (χ1v) is 10.8. The Labute approximate surface area is 205 Å². The van der Waals surface area contributed by atoms with E-state index in [4.69, 9.17) is 9.47 Å². The van der Waals surface area contributed by atoms with Crippen molar-refractivity contribution in [2.75, 3.05) is 44.3 Å². The van der Waals surface area contributed by atoms with Crippen molar-refractivity contribution in [3.63, 3.8) is 0 Å². The summed E-state index contributed by atoms with van der Waals surface area (Å²) in [7, 11) is 0. The lowest BCUT2D eigenvalue weighted by Gasteiger charge is -2.35. The fourth-order valence-electron chi connectivity index (χ4n) is 3.38. The number of ether oxygens (including phenoxy) is 2. The lowest BCUT2D eigenvalue weighted by molar-refractivity contribution is -0.145. The average molecular weight is 540 g/mol. The van der Waals surface area contributed by atoms with Crippen molar-refractivity contribution in [1.82, 2.24) is 25.1 Å². The van der Waals surface area contributed by atoms with Crippen LogP contribution in [0.5, 0.6) is 5.75 Å². The fourth-order valence-corrected chi connectivity index (χ4v) is 3.38. The van der Waals surface area contributed by atoms with E-state index >= 15 is 0 Å². The molecular weight excluding hydrogens is 518 g/mol. The summed E-state index contributed by atoms with van der Waals surface area (Å²) >= 11 is 0. The lowest BCUT2D eigenvalue weighted by atomic mass is 10.2. The van der Waals surface area contributed by atoms with Crippen molar-refractivity contribution in [3.8, 4) is 5.75 Å². The quantitative estimate of drug-likeness (QED) is 0.472. The number of nitrogens with zero attached hydrogens (tertiary/aromatic N) is 5. The second-order valence-electron chi connectivity index (χ2n) is 8.00. The molecule has 1 amide bonds. The summed E-state index contributed by atoms with van der Waals surface area (Å²) in [5, 5.41) is 15.1. The molecular formula is C20H22F6N6O5. The molecule has 11 nitrogen and oxygen atoms in total. The Bertz CT molecular complexity index is 1120. The topological polar surface area (TPSA) is 134 Å². The number of hydrogen-bond donors (Lipinski definition) is 2. The number of hydrogen-bond acceptors (Lipinski definition) is 9. The van der Waals surface area contributed by atoms with Gasteiger partial charge in [0.05, 0.1) is 25.0 Å². The third kappa shape index (κ3) is 7.28. The van der Waals surface area contributed by atoms with E-state index < -0.39 is 59.5 Å². The first-order valence-electron chi connectivity index (χ1n) is 10.8. The number of carbonyl (C=O) groups is 1. The number of aromatic nitrogens is 4. The number of nitrogens with one attached hydrogen (secondary N) is 1. The maximum absolute atomic E-state index is 13.1. The van der Waals surface area contributed by atoms with Crippen molar-refractivity contribution >= 4 is 11.9 Å². The third-order valence-electron chi connectivity index (χ3n) is 5.19. The number of piperazine rings is 1. The monoisotopic (exact) mass is 540 g/mol. The maximum atomic E-state index is 13.1. The van der Waals surface area contributed by atoms with E-state index in [-0.39, 0.29) is 38.7 Å². The number of anilines is 1. The Morgan fingerprint density at radius 2 is 1.68 bits per heavy atom. The molecule has 1 fully saturated rings. The maximum Gasteiger partial charge on any atom is 0.425 e. The minimum Gasteiger partial charge on any atom is -0.486 e. The highest BCUT2D eigenvalue weighted by atomic mass is 19.4. The summed E-state index contributed by atoms with van der Waals surface area (Å²) < 4.78 is 87.5. The molecule has 3 rings (SSSR count). The second kappa shape index (κ2) is 11.3. The highest BCUT2D eigenvalue weighted by Gasteiger charge is 2.38. The van der Waals surface area contributed by atoms with Gasteiger partial charge < -0.3 is 24.4 Å². The second-order valence-corrected chi connectivity index (χ2v) is 8.00. The summed E-state index contributed by atoms with van der Waals surface area (Å²) in [6.07, 6.45) is -10.1. The molecule has 0 bridgehead atoms. The molecule has 37 heavy (non-hydrogen) atoms. The first-order chi connectivity index (χ1) is 17.3. The summed E-state index contributed by atoms with van der Waals surface area (Å²) in [5.41, 5.74) is -4.00. The van der Waals surface area contributed by atoms with Gasteiger partial charge in [-0.05, 0) is 6.92 Å². The number of aliphatic hydroxyl groups is 1. The molecule has 1 aliphatic heterocycles. The molecule has 2 aromatic rings. The number of halogens is 6. The number of rotatable bonds is 8. The predicted molar refractivity (Wildman–Crippen MR) is 113 cm³/mol. The smallest absolute Gasteiger partial charge is 0.425 e. The first kappa shape index (κ1) is 28.1. The van der Waals surface area contributed by atoms with Crippen molar-refractivity contribution < 1.29 is 45.7 Å². The summed E-state index contributed by atoms with van der Waals surface area (Å²) in [6, 6.07) is 0. The number of carbonyl (C=O) groups excluding carboxylic acids is 1. The van der Waals surface area contributed by atoms with E-state index in [9.17, 15) is 41.0 Å². The molecule has 2 N–H and O–H groups in total. The van der Waals surface area contributed by atoms with Crippen LogP contribution in [-0.2, 0) is 21.9 Å². The predicted octanol–water partition coefficient (Wildman–Crippen LogP) is 1.09. The van der Waals surface area contributed by atoms with Gasteiger partial charge in [-0.1, -0.05) is 0 Å². The van der Waals surface area contributed by atoms with Gasteiger partial charge in [-0.3, -0.25) is 9.59 Å². The van der Waals surface area contributed by atoms with Gasteiger partial charge >= 0.3 is 12.4 Å². The zero-order chi connectivity index (χ0) is 27.4. The number of aromatic amines is 1. The van der Waals surface area contributed by atoms with E-state index in [0.29, 0.717) is 18.6 Å². The Kier molecular flexibility index (Phi) is 8.57. The lowest BCUT2D eigenvalue weighted by Crippen LogP contribution is -2.52. The Morgan fingerprint density at radius 3 is 2.24 bits per heavy atom. The fraction of sp³-hybridized carbons (Fsp3) is 0.550. The Balaban J connectivity index is 1.44. The zero-order valence-electron chi connectivity index (χ0n) is 19.2. The molecule has 0 radical (unpaired) electrons. The number of amides is 1. The summed E-state index contributed by atoms with van der Waals surface area (Å²) in [4.78, 5) is 34.3. The van der Waals surface area contributed by atoms with Crippen LogP contribution in [0.25, 0.3) is 0 Å².